The van der Waals surface area contributed by atoms with Crippen molar-refractivity contribution in [2.45, 2.75) is 111 Å². The highest BCUT2D eigenvalue weighted by atomic mass is 16.4. The molecular formula is C22H42O4. The monoisotopic (exact) mass is 370 g/mol. The second kappa shape index (κ2) is 21.7. The maximum absolute atomic E-state index is 10.3. The van der Waals surface area contributed by atoms with Gasteiger partial charge in [-0.1, -0.05) is 97.5 Å². The van der Waals surface area contributed by atoms with E-state index in [1.807, 2.05) is 6.92 Å². The Morgan fingerprint density at radius 1 is 0.808 bits per heavy atom. The van der Waals surface area contributed by atoms with E-state index >= 15 is 0 Å². The van der Waals surface area contributed by atoms with Crippen LogP contribution in [0.5, 0.6) is 0 Å². The van der Waals surface area contributed by atoms with E-state index in [1.54, 1.807) is 6.08 Å². The third kappa shape index (κ3) is 27.5. The highest BCUT2D eigenvalue weighted by molar-refractivity contribution is 5.79. The molecule has 0 rings (SSSR count). The van der Waals surface area contributed by atoms with Crippen molar-refractivity contribution >= 4 is 11.9 Å². The lowest BCUT2D eigenvalue weighted by atomic mass is 9.99. The molecule has 0 aliphatic carbocycles. The zero-order chi connectivity index (χ0) is 20.0. The molecule has 1 atom stereocenters. The van der Waals surface area contributed by atoms with E-state index in [2.05, 4.69) is 13.8 Å². The molecule has 0 fully saturated rings. The van der Waals surface area contributed by atoms with E-state index in [0.717, 1.165) is 19.3 Å². The van der Waals surface area contributed by atoms with Crippen LogP contribution in [-0.2, 0) is 9.59 Å². The minimum Gasteiger partial charge on any atom is -0.481 e. The average Bonchev–Trinajstić information content (AvgIpc) is 2.57. The smallest absolute Gasteiger partial charge is 0.327 e. The molecule has 1 unspecified atom stereocenters. The Morgan fingerprint density at radius 2 is 1.31 bits per heavy atom. The molecular weight excluding hydrogens is 328 g/mol. The van der Waals surface area contributed by atoms with Gasteiger partial charge in [-0.05, 0) is 18.8 Å². The highest BCUT2D eigenvalue weighted by Gasteiger charge is 2.06. The summed E-state index contributed by atoms with van der Waals surface area (Å²) in [6.07, 6.45) is 19.1. The summed E-state index contributed by atoms with van der Waals surface area (Å²) in [5.41, 5.74) is 0. The van der Waals surface area contributed by atoms with Crippen LogP contribution in [0.25, 0.3) is 0 Å². The predicted octanol–water partition coefficient (Wildman–Crippen LogP) is 6.84. The number of allylic oxidation sites excluding steroid dienone is 1. The lowest BCUT2D eigenvalue weighted by molar-refractivity contribution is -0.138. The van der Waals surface area contributed by atoms with Crippen molar-refractivity contribution in [1.82, 2.24) is 0 Å². The first-order valence-electron chi connectivity index (χ1n) is 10.5. The van der Waals surface area contributed by atoms with Crippen LogP contribution in [-0.4, -0.2) is 22.2 Å². The fourth-order valence-corrected chi connectivity index (χ4v) is 2.72. The maximum atomic E-state index is 10.3. The van der Waals surface area contributed by atoms with Gasteiger partial charge in [-0.2, -0.15) is 0 Å². The van der Waals surface area contributed by atoms with Gasteiger partial charge in [0.2, 0.25) is 0 Å². The van der Waals surface area contributed by atoms with Crippen LogP contribution >= 0.6 is 0 Å². The van der Waals surface area contributed by atoms with Crippen molar-refractivity contribution < 1.29 is 19.8 Å². The van der Waals surface area contributed by atoms with Gasteiger partial charge < -0.3 is 10.2 Å². The molecule has 0 aliphatic rings. The van der Waals surface area contributed by atoms with Crippen molar-refractivity contribution in [1.29, 1.82) is 0 Å². The van der Waals surface area contributed by atoms with Crippen LogP contribution in [0.4, 0.5) is 0 Å². The van der Waals surface area contributed by atoms with E-state index < -0.39 is 11.9 Å². The van der Waals surface area contributed by atoms with Crippen LogP contribution < -0.4 is 0 Å². The molecule has 0 amide bonds. The molecule has 0 saturated carbocycles. The minimum absolute atomic E-state index is 0.327. The Bertz CT molecular complexity index is 350. The highest BCUT2D eigenvalue weighted by Crippen LogP contribution is 2.14. The number of hydrogen-bond donors (Lipinski definition) is 2. The number of carboxylic acids is 2. The molecule has 0 bridgehead atoms. The van der Waals surface area contributed by atoms with E-state index in [1.165, 1.54) is 70.3 Å². The van der Waals surface area contributed by atoms with Crippen molar-refractivity contribution in [3.63, 3.8) is 0 Å². The molecule has 4 nitrogen and oxygen atoms in total. The van der Waals surface area contributed by atoms with Crippen molar-refractivity contribution in [2.24, 2.45) is 5.92 Å². The summed E-state index contributed by atoms with van der Waals surface area (Å²) in [5.74, 6) is -1.16. The summed E-state index contributed by atoms with van der Waals surface area (Å²) >= 11 is 0. The number of hydrogen-bond acceptors (Lipinski definition) is 2. The lowest BCUT2D eigenvalue weighted by Crippen LogP contribution is -2.03. The quantitative estimate of drug-likeness (QED) is 0.230. The summed E-state index contributed by atoms with van der Waals surface area (Å²) in [7, 11) is 0. The molecule has 0 aromatic carbocycles. The average molecular weight is 371 g/mol. The van der Waals surface area contributed by atoms with Crippen molar-refractivity contribution in [2.75, 3.05) is 0 Å². The third-order valence-electron chi connectivity index (χ3n) is 4.31. The van der Waals surface area contributed by atoms with Crippen LogP contribution in [0.2, 0.25) is 0 Å². The molecule has 0 heterocycles. The van der Waals surface area contributed by atoms with Gasteiger partial charge in [-0.15, -0.1) is 0 Å². The molecule has 26 heavy (non-hydrogen) atoms. The van der Waals surface area contributed by atoms with Gasteiger partial charge in [0.25, 0.3) is 0 Å². The topological polar surface area (TPSA) is 74.6 Å². The number of aliphatic carboxylic acids is 2. The summed E-state index contributed by atoms with van der Waals surface area (Å²) in [5, 5.41) is 16.8. The second-order valence-electron chi connectivity index (χ2n) is 7.20. The standard InChI is InChI=1S/C11H22O2.C11H20O2/c1-3-4-5-6-7-8-10(2)9-11(12)13;1-2-3-4-5-6-7-8-9-10-11(12)13/h10H,3-9H2,1-2H3,(H,12,13);9-10H,2-8H2,1H3,(H,12,13). The van der Waals surface area contributed by atoms with Crippen LogP contribution in [0.1, 0.15) is 111 Å². The zero-order valence-electron chi connectivity index (χ0n) is 17.3. The van der Waals surface area contributed by atoms with E-state index in [0.29, 0.717) is 12.3 Å². The number of unbranched alkanes of at least 4 members (excludes halogenated alkanes) is 10. The fourth-order valence-electron chi connectivity index (χ4n) is 2.72. The lowest BCUT2D eigenvalue weighted by Gasteiger charge is -2.07. The molecule has 0 aliphatic heterocycles. The SMILES string of the molecule is CCCCCCCC(C)CC(=O)O.CCCCCCCCC=CC(=O)O. The molecule has 2 N–H and O–H groups in total. The fraction of sp³-hybridized carbons (Fsp3) is 0.818. The van der Waals surface area contributed by atoms with Gasteiger partial charge in [0.1, 0.15) is 0 Å². The van der Waals surface area contributed by atoms with E-state index in [9.17, 15) is 9.59 Å². The van der Waals surface area contributed by atoms with Gasteiger partial charge >= 0.3 is 11.9 Å². The second-order valence-corrected chi connectivity index (χ2v) is 7.20. The number of carboxylic acid groups (broad SMARTS) is 2. The van der Waals surface area contributed by atoms with E-state index in [4.69, 9.17) is 10.2 Å². The molecule has 0 aromatic heterocycles. The normalized spacial score (nSPS) is 11.8. The Labute approximate surface area is 161 Å². The molecule has 4 heteroatoms. The third-order valence-corrected chi connectivity index (χ3v) is 4.31. The Balaban J connectivity index is 0. The van der Waals surface area contributed by atoms with E-state index in [-0.39, 0.29) is 0 Å². The van der Waals surface area contributed by atoms with Gasteiger partial charge in [0.05, 0.1) is 0 Å². The Kier molecular flexibility index (Phi) is 22.5. The summed E-state index contributed by atoms with van der Waals surface area (Å²) in [6.45, 7) is 6.43. The van der Waals surface area contributed by atoms with Crippen LogP contribution in [0.15, 0.2) is 12.2 Å². The summed E-state index contributed by atoms with van der Waals surface area (Å²) < 4.78 is 0. The van der Waals surface area contributed by atoms with Crippen LogP contribution in [0, 0.1) is 5.92 Å². The molecule has 0 spiro atoms. The molecule has 0 saturated heterocycles. The number of carbonyl (C=O) groups is 2. The first-order chi connectivity index (χ1) is 12.4. The summed E-state index contributed by atoms with van der Waals surface area (Å²) in [4.78, 5) is 20.4. The predicted molar refractivity (Wildman–Crippen MR) is 110 cm³/mol. The number of rotatable bonds is 16. The first kappa shape index (κ1) is 26.9. The molecule has 154 valence electrons. The largest absolute Gasteiger partial charge is 0.481 e. The molecule has 0 radical (unpaired) electrons. The zero-order valence-corrected chi connectivity index (χ0v) is 17.3. The molecule has 0 aromatic rings. The minimum atomic E-state index is -0.842. The van der Waals surface area contributed by atoms with Gasteiger partial charge in [0, 0.05) is 12.5 Å². The summed E-state index contributed by atoms with van der Waals surface area (Å²) in [6, 6.07) is 0. The van der Waals surface area contributed by atoms with Crippen molar-refractivity contribution in [3.8, 4) is 0 Å². The van der Waals surface area contributed by atoms with Crippen molar-refractivity contribution in [3.05, 3.63) is 12.2 Å². The van der Waals surface area contributed by atoms with Crippen LogP contribution in [0.3, 0.4) is 0 Å². The first-order valence-corrected chi connectivity index (χ1v) is 10.5. The van der Waals surface area contributed by atoms with Gasteiger partial charge in [0.15, 0.2) is 0 Å². The maximum Gasteiger partial charge on any atom is 0.327 e. The van der Waals surface area contributed by atoms with Gasteiger partial charge in [-0.3, -0.25) is 4.79 Å². The Hall–Kier alpha value is -1.32. The van der Waals surface area contributed by atoms with Gasteiger partial charge in [-0.25, -0.2) is 4.79 Å². The Morgan fingerprint density at radius 3 is 1.81 bits per heavy atom.